The number of thiophene rings is 1. The summed E-state index contributed by atoms with van der Waals surface area (Å²) in [7, 11) is 0. The van der Waals surface area contributed by atoms with Gasteiger partial charge in [0, 0.05) is 29.0 Å². The summed E-state index contributed by atoms with van der Waals surface area (Å²) in [5.74, 6) is 0.635. The minimum atomic E-state index is 0.459. The maximum absolute atomic E-state index is 5.57. The van der Waals surface area contributed by atoms with E-state index in [1.54, 1.807) is 0 Å². The molecule has 0 saturated heterocycles. The third-order valence-corrected chi connectivity index (χ3v) is 4.24. The Morgan fingerprint density at radius 1 is 1.28 bits per heavy atom. The van der Waals surface area contributed by atoms with Gasteiger partial charge in [-0.3, -0.25) is 0 Å². The molecule has 3 heteroatoms. The van der Waals surface area contributed by atoms with Crippen LogP contribution >= 0.6 is 11.3 Å². The van der Waals surface area contributed by atoms with E-state index in [-0.39, 0.29) is 0 Å². The molecule has 0 bridgehead atoms. The van der Waals surface area contributed by atoms with Crippen LogP contribution in [0.3, 0.4) is 0 Å². The average Bonchev–Trinajstić information content (AvgIpc) is 2.81. The maximum atomic E-state index is 5.57. The fourth-order valence-electron chi connectivity index (χ4n) is 1.73. The molecule has 0 aliphatic carbocycles. The molecule has 1 rings (SSSR count). The molecule has 104 valence electrons. The molecular formula is C15H27NOS. The number of hydrogen-bond donors (Lipinski definition) is 1. The third-order valence-electron chi connectivity index (χ3n) is 2.82. The Morgan fingerprint density at radius 2 is 2.06 bits per heavy atom. The normalized spacial score (nSPS) is 13.2. The molecule has 0 aliphatic heterocycles. The van der Waals surface area contributed by atoms with E-state index in [2.05, 4.69) is 45.1 Å². The van der Waals surface area contributed by atoms with E-state index in [1.165, 1.54) is 9.75 Å². The lowest BCUT2D eigenvalue weighted by Gasteiger charge is -2.12. The predicted octanol–water partition coefficient (Wildman–Crippen LogP) is 4.02. The first-order valence-electron chi connectivity index (χ1n) is 7.03. The second-order valence-corrected chi connectivity index (χ2v) is 6.36. The van der Waals surface area contributed by atoms with Crippen LogP contribution in [0.1, 0.15) is 49.9 Å². The smallest absolute Gasteiger partial charge is 0.0489 e. The van der Waals surface area contributed by atoms with Gasteiger partial charge in [-0.25, -0.2) is 0 Å². The third kappa shape index (κ3) is 5.98. The minimum Gasteiger partial charge on any atom is -0.381 e. The first kappa shape index (κ1) is 15.7. The highest BCUT2D eigenvalue weighted by atomic mass is 32.1. The second-order valence-electron chi connectivity index (χ2n) is 5.16. The van der Waals surface area contributed by atoms with Gasteiger partial charge in [0.2, 0.25) is 0 Å². The van der Waals surface area contributed by atoms with Gasteiger partial charge in [0.25, 0.3) is 0 Å². The number of ether oxygens (including phenoxy) is 1. The zero-order chi connectivity index (χ0) is 13.4. The van der Waals surface area contributed by atoms with Gasteiger partial charge in [0.15, 0.2) is 0 Å². The molecule has 0 aliphatic rings. The zero-order valence-corrected chi connectivity index (χ0v) is 13.0. The van der Waals surface area contributed by atoms with Crippen LogP contribution in [0.4, 0.5) is 0 Å². The number of rotatable bonds is 9. The highest BCUT2D eigenvalue weighted by Crippen LogP contribution is 2.23. The largest absolute Gasteiger partial charge is 0.381 e. The van der Waals surface area contributed by atoms with Crippen LogP contribution in [-0.4, -0.2) is 19.8 Å². The number of aryl methyl sites for hydroxylation is 1. The Kier molecular flexibility index (Phi) is 7.56. The summed E-state index contributed by atoms with van der Waals surface area (Å²) >= 11 is 1.92. The lowest BCUT2D eigenvalue weighted by atomic mass is 10.2. The molecular weight excluding hydrogens is 242 g/mol. The minimum absolute atomic E-state index is 0.459. The van der Waals surface area contributed by atoms with Crippen LogP contribution in [0.25, 0.3) is 0 Å². The van der Waals surface area contributed by atoms with Crippen LogP contribution in [0.5, 0.6) is 0 Å². The van der Waals surface area contributed by atoms with Crippen LogP contribution in [0.2, 0.25) is 0 Å². The summed E-state index contributed by atoms with van der Waals surface area (Å²) in [6.45, 7) is 11.6. The van der Waals surface area contributed by atoms with Gasteiger partial charge >= 0.3 is 0 Å². The fraction of sp³-hybridized carbons (Fsp3) is 0.733. The summed E-state index contributed by atoms with van der Waals surface area (Å²) in [6.07, 6.45) is 2.23. The van der Waals surface area contributed by atoms with Crippen molar-refractivity contribution in [1.82, 2.24) is 5.32 Å². The Morgan fingerprint density at radius 3 is 2.67 bits per heavy atom. The molecule has 0 fully saturated rings. The molecule has 1 aromatic heterocycles. The highest BCUT2D eigenvalue weighted by molar-refractivity contribution is 7.12. The fourth-order valence-corrected chi connectivity index (χ4v) is 2.71. The van der Waals surface area contributed by atoms with Gasteiger partial charge in [-0.05, 0) is 44.4 Å². The Bertz CT molecular complexity index is 322. The Labute approximate surface area is 116 Å². The summed E-state index contributed by atoms with van der Waals surface area (Å²) in [5, 5.41) is 3.55. The molecule has 18 heavy (non-hydrogen) atoms. The summed E-state index contributed by atoms with van der Waals surface area (Å²) in [6, 6.07) is 4.95. The van der Waals surface area contributed by atoms with Crippen LogP contribution in [0.15, 0.2) is 12.1 Å². The van der Waals surface area contributed by atoms with Crippen LogP contribution in [-0.2, 0) is 11.2 Å². The van der Waals surface area contributed by atoms with E-state index in [0.29, 0.717) is 12.0 Å². The van der Waals surface area contributed by atoms with E-state index < -0.39 is 0 Å². The van der Waals surface area contributed by atoms with E-state index in [4.69, 9.17) is 4.74 Å². The van der Waals surface area contributed by atoms with Crippen molar-refractivity contribution >= 4 is 11.3 Å². The topological polar surface area (TPSA) is 21.3 Å². The van der Waals surface area contributed by atoms with Crippen molar-refractivity contribution < 1.29 is 4.74 Å². The predicted molar refractivity (Wildman–Crippen MR) is 80.4 cm³/mol. The van der Waals surface area contributed by atoms with Crippen molar-refractivity contribution in [2.45, 2.75) is 46.6 Å². The van der Waals surface area contributed by atoms with Crippen molar-refractivity contribution in [1.29, 1.82) is 0 Å². The molecule has 0 radical (unpaired) electrons. The van der Waals surface area contributed by atoms with Crippen LogP contribution < -0.4 is 5.32 Å². The molecule has 0 saturated carbocycles. The van der Waals surface area contributed by atoms with Crippen LogP contribution in [0, 0.1) is 5.92 Å². The molecule has 0 aromatic carbocycles. The van der Waals surface area contributed by atoms with Gasteiger partial charge in [-0.2, -0.15) is 0 Å². The first-order valence-corrected chi connectivity index (χ1v) is 7.84. The van der Waals surface area contributed by atoms with Gasteiger partial charge in [0.1, 0.15) is 0 Å². The molecule has 0 amide bonds. The SMILES string of the molecule is CCc1ccc(C(C)NCCCOCC(C)C)s1. The highest BCUT2D eigenvalue weighted by Gasteiger charge is 2.07. The van der Waals surface area contributed by atoms with Gasteiger partial charge in [0.05, 0.1) is 0 Å². The van der Waals surface area contributed by atoms with Gasteiger partial charge in [-0.1, -0.05) is 20.8 Å². The Balaban J connectivity index is 2.11. The standard InChI is InChI=1S/C15H27NOS/c1-5-14-7-8-15(18-14)13(4)16-9-6-10-17-11-12(2)3/h7-8,12-13,16H,5-6,9-11H2,1-4H3. The maximum Gasteiger partial charge on any atom is 0.0489 e. The molecule has 2 nitrogen and oxygen atoms in total. The first-order chi connectivity index (χ1) is 8.63. The molecule has 1 N–H and O–H groups in total. The van der Waals surface area contributed by atoms with Crippen molar-refractivity contribution in [3.8, 4) is 0 Å². The lowest BCUT2D eigenvalue weighted by Crippen LogP contribution is -2.20. The Hall–Kier alpha value is -0.380. The summed E-state index contributed by atoms with van der Waals surface area (Å²) in [4.78, 5) is 2.91. The van der Waals surface area contributed by atoms with E-state index in [1.807, 2.05) is 11.3 Å². The van der Waals surface area contributed by atoms with Crippen molar-refractivity contribution in [3.05, 3.63) is 21.9 Å². The zero-order valence-electron chi connectivity index (χ0n) is 12.2. The van der Waals surface area contributed by atoms with E-state index in [9.17, 15) is 0 Å². The second kappa shape index (κ2) is 8.68. The van der Waals surface area contributed by atoms with E-state index >= 15 is 0 Å². The molecule has 1 heterocycles. The van der Waals surface area contributed by atoms with Crippen molar-refractivity contribution in [2.75, 3.05) is 19.8 Å². The van der Waals surface area contributed by atoms with E-state index in [0.717, 1.165) is 32.6 Å². The van der Waals surface area contributed by atoms with Gasteiger partial charge < -0.3 is 10.1 Å². The summed E-state index contributed by atoms with van der Waals surface area (Å²) in [5.41, 5.74) is 0. The monoisotopic (exact) mass is 269 g/mol. The molecule has 1 atom stereocenters. The number of hydrogen-bond acceptors (Lipinski definition) is 3. The molecule has 1 aromatic rings. The summed E-state index contributed by atoms with van der Waals surface area (Å²) < 4.78 is 5.57. The number of nitrogens with one attached hydrogen (secondary N) is 1. The quantitative estimate of drug-likeness (QED) is 0.684. The van der Waals surface area contributed by atoms with Gasteiger partial charge in [-0.15, -0.1) is 11.3 Å². The van der Waals surface area contributed by atoms with Crippen molar-refractivity contribution in [2.24, 2.45) is 5.92 Å². The van der Waals surface area contributed by atoms with Crippen molar-refractivity contribution in [3.63, 3.8) is 0 Å². The average molecular weight is 269 g/mol. The molecule has 0 spiro atoms. The molecule has 1 unspecified atom stereocenters. The lowest BCUT2D eigenvalue weighted by molar-refractivity contribution is 0.107.